The molecule has 1 aromatic carbocycles. The van der Waals surface area contributed by atoms with Crippen LogP contribution < -0.4 is 4.90 Å². The highest BCUT2D eigenvalue weighted by atomic mass is 16.1. The molecule has 0 saturated heterocycles. The Balaban J connectivity index is 2.16. The third-order valence-electron chi connectivity index (χ3n) is 4.02. The number of hydrogen-bond acceptors (Lipinski definition) is 2. The van der Waals surface area contributed by atoms with Gasteiger partial charge in [0.1, 0.15) is 5.78 Å². The summed E-state index contributed by atoms with van der Waals surface area (Å²) in [6.45, 7) is 4.33. The summed E-state index contributed by atoms with van der Waals surface area (Å²) in [5, 5.41) is 0. The van der Waals surface area contributed by atoms with Crippen molar-refractivity contribution in [1.82, 2.24) is 0 Å². The van der Waals surface area contributed by atoms with Crippen molar-refractivity contribution in [3.05, 3.63) is 29.3 Å². The zero-order valence-corrected chi connectivity index (χ0v) is 11.0. The summed E-state index contributed by atoms with van der Waals surface area (Å²) in [5.74, 6) is 0.426. The van der Waals surface area contributed by atoms with E-state index in [2.05, 4.69) is 44.0 Å². The van der Waals surface area contributed by atoms with Crippen LogP contribution >= 0.6 is 0 Å². The molecule has 1 aliphatic carbocycles. The summed E-state index contributed by atoms with van der Waals surface area (Å²) in [5.41, 5.74) is 4.00. The molecule has 0 unspecified atom stereocenters. The number of Topliss-reactive ketones (excluding diaryl/α,β-unsaturated/α-hetero) is 1. The van der Waals surface area contributed by atoms with E-state index in [0.717, 1.165) is 25.7 Å². The first-order chi connectivity index (χ1) is 8.09. The molecule has 0 spiro atoms. The Bertz CT molecular complexity index is 415. The maximum Gasteiger partial charge on any atom is 0.133 e. The minimum atomic E-state index is 0.426. The van der Waals surface area contributed by atoms with Crippen LogP contribution in [0.15, 0.2) is 18.2 Å². The SMILES string of the molecule is Cc1cccc(N(C)C2CCC(=O)CC2)c1C. The van der Waals surface area contributed by atoms with Gasteiger partial charge in [-0.15, -0.1) is 0 Å². The second-order valence-electron chi connectivity index (χ2n) is 5.10. The summed E-state index contributed by atoms with van der Waals surface area (Å²) in [7, 11) is 2.15. The molecule has 0 amide bonds. The molecule has 0 radical (unpaired) electrons. The highest BCUT2D eigenvalue weighted by molar-refractivity contribution is 5.79. The molecule has 0 aromatic heterocycles. The van der Waals surface area contributed by atoms with Crippen molar-refractivity contribution in [2.24, 2.45) is 0 Å². The van der Waals surface area contributed by atoms with Crippen LogP contribution in [0, 0.1) is 13.8 Å². The lowest BCUT2D eigenvalue weighted by Gasteiger charge is -2.33. The van der Waals surface area contributed by atoms with E-state index >= 15 is 0 Å². The molecule has 2 heteroatoms. The van der Waals surface area contributed by atoms with Crippen LogP contribution in [0.3, 0.4) is 0 Å². The van der Waals surface area contributed by atoms with Gasteiger partial charge in [0.05, 0.1) is 0 Å². The molecule has 1 aromatic rings. The fourth-order valence-electron chi connectivity index (χ4n) is 2.63. The number of benzene rings is 1. The van der Waals surface area contributed by atoms with E-state index in [0.29, 0.717) is 11.8 Å². The fraction of sp³-hybridized carbons (Fsp3) is 0.533. The lowest BCUT2D eigenvalue weighted by Crippen LogP contribution is -2.35. The smallest absolute Gasteiger partial charge is 0.133 e. The number of anilines is 1. The summed E-state index contributed by atoms with van der Waals surface area (Å²) < 4.78 is 0. The summed E-state index contributed by atoms with van der Waals surface area (Å²) in [6.07, 6.45) is 3.51. The summed E-state index contributed by atoms with van der Waals surface area (Å²) >= 11 is 0. The molecular formula is C15H21NO. The topological polar surface area (TPSA) is 20.3 Å². The van der Waals surface area contributed by atoms with E-state index in [-0.39, 0.29) is 0 Å². The number of carbonyl (C=O) groups excluding carboxylic acids is 1. The zero-order valence-electron chi connectivity index (χ0n) is 11.0. The minimum absolute atomic E-state index is 0.426. The van der Waals surface area contributed by atoms with Crippen molar-refractivity contribution in [1.29, 1.82) is 0 Å². The van der Waals surface area contributed by atoms with Crippen LogP contribution in [0.1, 0.15) is 36.8 Å². The minimum Gasteiger partial charge on any atom is -0.371 e. The van der Waals surface area contributed by atoms with Gasteiger partial charge >= 0.3 is 0 Å². The predicted octanol–water partition coefficient (Wildman–Crippen LogP) is 3.25. The molecule has 1 aliphatic rings. The second kappa shape index (κ2) is 4.91. The van der Waals surface area contributed by atoms with Gasteiger partial charge in [0.25, 0.3) is 0 Å². The molecule has 2 nitrogen and oxygen atoms in total. The Hall–Kier alpha value is -1.31. The van der Waals surface area contributed by atoms with Crippen LogP contribution in [0.25, 0.3) is 0 Å². The quantitative estimate of drug-likeness (QED) is 0.778. The van der Waals surface area contributed by atoms with E-state index in [1.165, 1.54) is 16.8 Å². The number of hydrogen-bond donors (Lipinski definition) is 0. The van der Waals surface area contributed by atoms with Crippen molar-refractivity contribution in [2.45, 2.75) is 45.6 Å². The van der Waals surface area contributed by atoms with Crippen molar-refractivity contribution in [3.63, 3.8) is 0 Å². The Labute approximate surface area is 104 Å². The Morgan fingerprint density at radius 3 is 2.47 bits per heavy atom. The van der Waals surface area contributed by atoms with Gasteiger partial charge in [-0.05, 0) is 43.9 Å². The maximum absolute atomic E-state index is 11.3. The van der Waals surface area contributed by atoms with Crippen LogP contribution in [-0.4, -0.2) is 18.9 Å². The number of aryl methyl sites for hydroxylation is 1. The number of carbonyl (C=O) groups is 1. The Morgan fingerprint density at radius 2 is 1.82 bits per heavy atom. The van der Waals surface area contributed by atoms with Gasteiger partial charge in [0.15, 0.2) is 0 Å². The second-order valence-corrected chi connectivity index (χ2v) is 5.10. The molecule has 0 aliphatic heterocycles. The van der Waals surface area contributed by atoms with Gasteiger partial charge in [0, 0.05) is 31.6 Å². The van der Waals surface area contributed by atoms with Crippen molar-refractivity contribution >= 4 is 11.5 Å². The maximum atomic E-state index is 11.3. The molecule has 1 fully saturated rings. The van der Waals surface area contributed by atoms with Crippen molar-refractivity contribution < 1.29 is 4.79 Å². The first kappa shape index (κ1) is 12.2. The van der Waals surface area contributed by atoms with E-state index in [1.807, 2.05) is 0 Å². The molecule has 0 atom stereocenters. The zero-order chi connectivity index (χ0) is 12.4. The monoisotopic (exact) mass is 231 g/mol. The van der Waals surface area contributed by atoms with Crippen LogP contribution in [0.2, 0.25) is 0 Å². The highest BCUT2D eigenvalue weighted by Crippen LogP contribution is 2.28. The van der Waals surface area contributed by atoms with Crippen molar-refractivity contribution in [3.8, 4) is 0 Å². The molecule has 1 saturated carbocycles. The molecular weight excluding hydrogens is 210 g/mol. The largest absolute Gasteiger partial charge is 0.371 e. The van der Waals surface area contributed by atoms with Gasteiger partial charge in [-0.2, -0.15) is 0 Å². The molecule has 0 N–H and O–H groups in total. The first-order valence-corrected chi connectivity index (χ1v) is 6.40. The van der Waals surface area contributed by atoms with E-state index in [9.17, 15) is 4.79 Å². The fourth-order valence-corrected chi connectivity index (χ4v) is 2.63. The van der Waals surface area contributed by atoms with Gasteiger partial charge in [-0.3, -0.25) is 4.79 Å². The average Bonchev–Trinajstić information content (AvgIpc) is 2.33. The van der Waals surface area contributed by atoms with Gasteiger partial charge in [-0.25, -0.2) is 0 Å². The van der Waals surface area contributed by atoms with Crippen LogP contribution in [0.5, 0.6) is 0 Å². The lowest BCUT2D eigenvalue weighted by molar-refractivity contribution is -0.120. The number of rotatable bonds is 2. The number of ketones is 1. The lowest BCUT2D eigenvalue weighted by atomic mass is 9.92. The molecule has 0 heterocycles. The van der Waals surface area contributed by atoms with Crippen LogP contribution in [-0.2, 0) is 4.79 Å². The van der Waals surface area contributed by atoms with Gasteiger partial charge in [-0.1, -0.05) is 12.1 Å². The molecule has 0 bridgehead atoms. The summed E-state index contributed by atoms with van der Waals surface area (Å²) in [4.78, 5) is 13.6. The molecule has 17 heavy (non-hydrogen) atoms. The molecule has 92 valence electrons. The van der Waals surface area contributed by atoms with Crippen LogP contribution in [0.4, 0.5) is 5.69 Å². The third-order valence-corrected chi connectivity index (χ3v) is 4.02. The summed E-state index contributed by atoms with van der Waals surface area (Å²) in [6, 6.07) is 6.96. The predicted molar refractivity (Wildman–Crippen MR) is 71.6 cm³/mol. The van der Waals surface area contributed by atoms with E-state index < -0.39 is 0 Å². The molecule has 2 rings (SSSR count). The van der Waals surface area contributed by atoms with Gasteiger partial charge < -0.3 is 4.90 Å². The third kappa shape index (κ3) is 2.51. The average molecular weight is 231 g/mol. The Kier molecular flexibility index (Phi) is 3.51. The van der Waals surface area contributed by atoms with Gasteiger partial charge in [0.2, 0.25) is 0 Å². The normalized spacial score (nSPS) is 17.2. The van der Waals surface area contributed by atoms with E-state index in [4.69, 9.17) is 0 Å². The number of nitrogens with zero attached hydrogens (tertiary/aromatic N) is 1. The standard InChI is InChI=1S/C15H21NO/c1-11-5-4-6-15(12(11)2)16(3)13-7-9-14(17)10-8-13/h4-6,13H,7-10H2,1-3H3. The first-order valence-electron chi connectivity index (χ1n) is 6.40. The van der Waals surface area contributed by atoms with Crippen molar-refractivity contribution in [2.75, 3.05) is 11.9 Å². The Morgan fingerprint density at radius 1 is 1.18 bits per heavy atom. The van der Waals surface area contributed by atoms with E-state index in [1.54, 1.807) is 0 Å². The highest BCUT2D eigenvalue weighted by Gasteiger charge is 2.23.